The summed E-state index contributed by atoms with van der Waals surface area (Å²) in [5.41, 5.74) is 1.78. The molecule has 0 atom stereocenters. The summed E-state index contributed by atoms with van der Waals surface area (Å²) >= 11 is 0. The van der Waals surface area contributed by atoms with E-state index in [-0.39, 0.29) is 25.8 Å². The molecule has 0 spiro atoms. The van der Waals surface area contributed by atoms with E-state index < -0.39 is 29.1 Å². The first-order valence-electron chi connectivity index (χ1n) is 5.27. The molecule has 7 heteroatoms. The SMILES string of the molecule is Cc1ccc([CH-]F)cc1.Fc1[c-]c(F)c(F)c(F)c1F.[Hf]. The zero-order valence-corrected chi connectivity index (χ0v) is 14.2. The van der Waals surface area contributed by atoms with Gasteiger partial charge in [0.25, 0.3) is 0 Å². The minimum absolute atomic E-state index is 0. The van der Waals surface area contributed by atoms with Crippen molar-refractivity contribution in [2.75, 3.05) is 0 Å². The van der Waals surface area contributed by atoms with Gasteiger partial charge in [-0.15, -0.1) is 18.2 Å². The number of benzene rings is 2. The molecule has 2 aromatic rings. The summed E-state index contributed by atoms with van der Waals surface area (Å²) in [6.45, 7) is 2.57. The zero-order chi connectivity index (χ0) is 15.3. The number of rotatable bonds is 1. The molecule has 112 valence electrons. The van der Waals surface area contributed by atoms with Crippen LogP contribution in [0.1, 0.15) is 11.1 Å². The molecule has 0 aliphatic carbocycles. The Hall–Kier alpha value is -1.24. The fraction of sp³-hybridized carbons (Fsp3) is 0.0714. The minimum atomic E-state index is -2.17. The van der Waals surface area contributed by atoms with Crippen LogP contribution >= 0.6 is 0 Å². The van der Waals surface area contributed by atoms with Gasteiger partial charge in [0.1, 0.15) is 0 Å². The Morgan fingerprint density at radius 2 is 1.24 bits per heavy atom. The minimum Gasteiger partial charge on any atom is -0.292 e. The van der Waals surface area contributed by atoms with Crippen LogP contribution in [0.15, 0.2) is 24.3 Å². The molecule has 0 aliphatic heterocycles. The van der Waals surface area contributed by atoms with E-state index in [2.05, 4.69) is 0 Å². The van der Waals surface area contributed by atoms with E-state index in [1.54, 1.807) is 12.1 Å². The zero-order valence-electron chi connectivity index (χ0n) is 10.7. The van der Waals surface area contributed by atoms with E-state index in [0.717, 1.165) is 11.6 Å². The molecule has 0 aromatic heterocycles. The van der Waals surface area contributed by atoms with Crippen LogP contribution in [0.3, 0.4) is 0 Å². The Balaban J connectivity index is 0.000000370. The van der Waals surface area contributed by atoms with Crippen molar-refractivity contribution in [3.05, 3.63) is 77.2 Å². The van der Waals surface area contributed by atoms with E-state index >= 15 is 0 Å². The molecule has 0 saturated carbocycles. The number of halogens is 6. The molecule has 0 unspecified atom stereocenters. The molecule has 0 aliphatic rings. The van der Waals surface area contributed by atoms with Crippen LogP contribution in [-0.2, 0) is 25.8 Å². The monoisotopic (exact) mass is 470 g/mol. The second-order valence-electron chi connectivity index (χ2n) is 3.71. The van der Waals surface area contributed by atoms with Gasteiger partial charge in [-0.1, -0.05) is 5.56 Å². The van der Waals surface area contributed by atoms with Gasteiger partial charge in [0, 0.05) is 25.8 Å². The Morgan fingerprint density at radius 1 is 0.810 bits per heavy atom. The summed E-state index contributed by atoms with van der Waals surface area (Å²) in [7, 11) is 0. The van der Waals surface area contributed by atoms with Crippen LogP contribution in [0, 0.1) is 48.8 Å². The normalized spacial score (nSPS) is 9.29. The van der Waals surface area contributed by atoms with Crippen LogP contribution in [0.2, 0.25) is 0 Å². The Morgan fingerprint density at radius 3 is 1.62 bits per heavy atom. The maximum absolute atomic E-state index is 12.0. The largest absolute Gasteiger partial charge is 0.292 e. The first-order chi connectivity index (χ1) is 9.36. The van der Waals surface area contributed by atoms with Crippen molar-refractivity contribution in [1.29, 1.82) is 0 Å². The summed E-state index contributed by atoms with van der Waals surface area (Å²) in [5, 5.41) is 0. The number of hydrogen-bond donors (Lipinski definition) is 0. The standard InChI is InChI=1S/C8H8F.C6F5.Hf/c1-7-2-4-8(6-9)5-3-7;7-2-1-3(8)5(10)6(11)4(2)9;/h2-6H,1H3;;/q2*-1;. The van der Waals surface area contributed by atoms with E-state index in [9.17, 15) is 26.3 Å². The Labute approximate surface area is 136 Å². The van der Waals surface area contributed by atoms with Crippen LogP contribution in [0.5, 0.6) is 0 Å². The summed E-state index contributed by atoms with van der Waals surface area (Å²) in [6, 6.07) is 8.28. The quantitative estimate of drug-likeness (QED) is 0.188. The predicted octanol–water partition coefficient (Wildman–Crippen LogP) is 4.65. The maximum Gasteiger partial charge on any atom is 0.0893 e. The molecule has 0 saturated heterocycles. The van der Waals surface area contributed by atoms with Crippen LogP contribution in [0.4, 0.5) is 26.3 Å². The summed E-state index contributed by atoms with van der Waals surface area (Å²) in [5.74, 6) is -10.0. The van der Waals surface area contributed by atoms with Crippen molar-refractivity contribution in [2.45, 2.75) is 6.92 Å². The van der Waals surface area contributed by atoms with Gasteiger partial charge in [-0.05, 0) is 13.6 Å². The Kier molecular flexibility index (Phi) is 8.39. The summed E-state index contributed by atoms with van der Waals surface area (Å²) in [6.07, 6.45) is 0. The van der Waals surface area contributed by atoms with Gasteiger partial charge in [-0.25, -0.2) is 13.2 Å². The van der Waals surface area contributed by atoms with Crippen LogP contribution in [-0.4, -0.2) is 0 Å². The third kappa shape index (κ3) is 5.57. The van der Waals surface area contributed by atoms with Gasteiger partial charge in [-0.2, -0.15) is 17.7 Å². The first-order valence-corrected chi connectivity index (χ1v) is 5.27. The van der Waals surface area contributed by atoms with Gasteiger partial charge in [-0.3, -0.25) is 13.2 Å². The molecule has 0 fully saturated rings. The third-order valence-corrected chi connectivity index (χ3v) is 2.19. The molecule has 0 nitrogen and oxygen atoms in total. The summed E-state index contributed by atoms with van der Waals surface area (Å²) < 4.78 is 71.6. The third-order valence-electron chi connectivity index (χ3n) is 2.19. The number of aryl methyl sites for hydroxylation is 1. The molecule has 0 amide bonds. The van der Waals surface area contributed by atoms with Crippen LogP contribution in [0.25, 0.3) is 0 Å². The van der Waals surface area contributed by atoms with Crippen LogP contribution < -0.4 is 0 Å². The average Bonchev–Trinajstić information content (AvgIpc) is 2.44. The fourth-order valence-corrected chi connectivity index (χ4v) is 1.13. The number of hydrogen-bond acceptors (Lipinski definition) is 0. The first kappa shape index (κ1) is 19.8. The van der Waals surface area contributed by atoms with Gasteiger partial charge < -0.3 is 0 Å². The van der Waals surface area contributed by atoms with E-state index in [1.807, 2.05) is 19.1 Å². The second-order valence-corrected chi connectivity index (χ2v) is 3.71. The van der Waals surface area contributed by atoms with E-state index in [1.165, 1.54) is 0 Å². The predicted molar refractivity (Wildman–Crippen MR) is 60.8 cm³/mol. The molecule has 0 bridgehead atoms. The Bertz CT molecular complexity index is 557. The molecule has 2 aromatic carbocycles. The fourth-order valence-electron chi connectivity index (χ4n) is 1.13. The average molecular weight is 469 g/mol. The molecule has 21 heavy (non-hydrogen) atoms. The molecule has 2 rings (SSSR count). The maximum atomic E-state index is 12.0. The van der Waals surface area contributed by atoms with Gasteiger partial charge in [0.2, 0.25) is 0 Å². The van der Waals surface area contributed by atoms with Crippen molar-refractivity contribution in [1.82, 2.24) is 0 Å². The topological polar surface area (TPSA) is 0 Å². The molecular weight excluding hydrogens is 461 g/mol. The molecule has 0 radical (unpaired) electrons. The van der Waals surface area contributed by atoms with Gasteiger partial charge in [0.15, 0.2) is 0 Å². The van der Waals surface area contributed by atoms with Gasteiger partial charge in [0.05, 0.1) is 29.1 Å². The molecule has 0 N–H and O–H groups in total. The summed E-state index contributed by atoms with van der Waals surface area (Å²) in [4.78, 5) is 0. The van der Waals surface area contributed by atoms with Crippen molar-refractivity contribution >= 4 is 0 Å². The van der Waals surface area contributed by atoms with Crippen molar-refractivity contribution in [2.24, 2.45) is 0 Å². The smallest absolute Gasteiger partial charge is 0.0893 e. The van der Waals surface area contributed by atoms with E-state index in [0.29, 0.717) is 12.2 Å². The van der Waals surface area contributed by atoms with Crippen molar-refractivity contribution in [3.63, 3.8) is 0 Å². The van der Waals surface area contributed by atoms with E-state index in [4.69, 9.17) is 0 Å². The van der Waals surface area contributed by atoms with Crippen molar-refractivity contribution < 1.29 is 52.2 Å². The van der Waals surface area contributed by atoms with Gasteiger partial charge >= 0.3 is 0 Å². The van der Waals surface area contributed by atoms with Crippen molar-refractivity contribution in [3.8, 4) is 0 Å². The second kappa shape index (κ2) is 8.92. The molecular formula is C14H8F6Hf-2. The molecule has 0 heterocycles.